The molecule has 0 bridgehead atoms. The fraction of sp³-hybridized carbons (Fsp3) is 0.906. The molecule has 35 heavy (non-hydrogen) atoms. The summed E-state index contributed by atoms with van der Waals surface area (Å²) in [6, 6.07) is 0. The van der Waals surface area contributed by atoms with Gasteiger partial charge in [0.1, 0.15) is 0 Å². The third kappa shape index (κ3) is 6.02. The van der Waals surface area contributed by atoms with E-state index < -0.39 is 11.4 Å². The second kappa shape index (κ2) is 10.9. The molecule has 4 rings (SSSR count). The molecule has 0 heterocycles. The van der Waals surface area contributed by atoms with Gasteiger partial charge in [-0.15, -0.1) is 0 Å². The molecule has 202 valence electrons. The molecule has 0 unspecified atom stereocenters. The number of carboxylic acid groups (broad SMARTS) is 1. The van der Waals surface area contributed by atoms with Crippen molar-refractivity contribution in [2.45, 2.75) is 132 Å². The van der Waals surface area contributed by atoms with E-state index >= 15 is 0 Å². The lowest BCUT2D eigenvalue weighted by Gasteiger charge is -2.58. The number of aliphatic hydroxyl groups excluding tert-OH is 1. The predicted molar refractivity (Wildman–Crippen MR) is 146 cm³/mol. The highest BCUT2D eigenvalue weighted by atomic mass is 16.4. The van der Waals surface area contributed by atoms with Gasteiger partial charge in [0.25, 0.3) is 0 Å². The van der Waals surface area contributed by atoms with Crippen LogP contribution in [0.15, 0.2) is 11.6 Å². The molecule has 4 aliphatic rings. The number of aliphatic carboxylic acids is 1. The minimum atomic E-state index is -0.757. The van der Waals surface area contributed by atoms with E-state index in [0.29, 0.717) is 10.8 Å². The first-order valence-electron chi connectivity index (χ1n) is 14.8. The highest BCUT2D eigenvalue weighted by Gasteiger charge is 2.59. The van der Waals surface area contributed by atoms with Gasteiger partial charge in [0.05, 0.1) is 11.5 Å². The van der Waals surface area contributed by atoms with Crippen LogP contribution in [0.2, 0.25) is 0 Å². The van der Waals surface area contributed by atoms with Gasteiger partial charge in [0.2, 0.25) is 0 Å². The highest BCUT2D eigenvalue weighted by Crippen LogP contribution is 2.67. The molecule has 0 spiro atoms. The average Bonchev–Trinajstić information content (AvgIpc) is 3.11. The van der Waals surface area contributed by atoms with Gasteiger partial charge in [0.15, 0.2) is 0 Å². The van der Waals surface area contributed by atoms with Crippen molar-refractivity contribution in [2.75, 3.05) is 0 Å². The zero-order valence-electron chi connectivity index (χ0n) is 24.2. The zero-order chi connectivity index (χ0) is 26.2. The second-order valence-electron chi connectivity index (χ2n) is 14.7. The summed E-state index contributed by atoms with van der Waals surface area (Å²) in [4.78, 5) is 10.0. The smallest absolute Gasteiger partial charge is 0.308 e. The van der Waals surface area contributed by atoms with Gasteiger partial charge in [-0.2, -0.15) is 0 Å². The number of fused-ring (bicyclic) bond motifs is 5. The molecular formula is C32H56O3. The normalized spacial score (nSPS) is 39.5. The zero-order valence-corrected chi connectivity index (χ0v) is 24.2. The molecule has 3 fully saturated rings. The molecule has 2 N–H and O–H groups in total. The quantitative estimate of drug-likeness (QED) is 0.381. The van der Waals surface area contributed by atoms with E-state index in [2.05, 4.69) is 40.7 Å². The number of hydrogen-bond acceptors (Lipinski definition) is 2. The second-order valence-corrected chi connectivity index (χ2v) is 14.7. The predicted octanol–water partition coefficient (Wildman–Crippen LogP) is 8.51. The Morgan fingerprint density at radius 2 is 1.69 bits per heavy atom. The van der Waals surface area contributed by atoms with Crippen LogP contribution in [-0.4, -0.2) is 22.3 Å². The summed E-state index contributed by atoms with van der Waals surface area (Å²) in [7, 11) is 0. The maximum absolute atomic E-state index is 10.2. The van der Waals surface area contributed by atoms with Crippen LogP contribution in [0, 0.1) is 51.8 Å². The third-order valence-electron chi connectivity index (χ3n) is 10.9. The van der Waals surface area contributed by atoms with Crippen LogP contribution in [-0.2, 0) is 4.79 Å². The molecular weight excluding hydrogens is 432 g/mol. The van der Waals surface area contributed by atoms with Crippen LogP contribution in [0.5, 0.6) is 0 Å². The SMILES string of the molecule is CC(C)(C)C(=O)O.CC(C)CCC[C@@H](C)[C@H]1CC[C@H]2[C@@H]3CC=C4C[C@@H](O)CC[C@]4(C)[C@H]3CC[C@]12C. The Morgan fingerprint density at radius 1 is 1.03 bits per heavy atom. The molecule has 0 radical (unpaired) electrons. The van der Waals surface area contributed by atoms with E-state index in [1.54, 1.807) is 26.3 Å². The van der Waals surface area contributed by atoms with Crippen molar-refractivity contribution < 1.29 is 15.0 Å². The van der Waals surface area contributed by atoms with Gasteiger partial charge in [0, 0.05) is 0 Å². The van der Waals surface area contributed by atoms with Crippen LogP contribution in [0.25, 0.3) is 0 Å². The molecule has 0 aliphatic heterocycles. The molecule has 3 heteroatoms. The van der Waals surface area contributed by atoms with Crippen molar-refractivity contribution in [3.8, 4) is 0 Å². The van der Waals surface area contributed by atoms with Crippen LogP contribution >= 0.6 is 0 Å². The third-order valence-corrected chi connectivity index (χ3v) is 10.9. The lowest BCUT2D eigenvalue weighted by molar-refractivity contribution is -0.145. The van der Waals surface area contributed by atoms with Gasteiger partial charge in [-0.3, -0.25) is 4.79 Å². The lowest BCUT2D eigenvalue weighted by Crippen LogP contribution is -2.50. The first kappa shape index (κ1) is 28.7. The fourth-order valence-corrected chi connectivity index (χ4v) is 8.67. The van der Waals surface area contributed by atoms with Crippen LogP contribution in [0.4, 0.5) is 0 Å². The van der Waals surface area contributed by atoms with Crippen molar-refractivity contribution in [1.29, 1.82) is 0 Å². The van der Waals surface area contributed by atoms with E-state index in [4.69, 9.17) is 5.11 Å². The number of allylic oxidation sites excluding steroid dienone is 1. The Balaban J connectivity index is 0.000000429. The highest BCUT2D eigenvalue weighted by molar-refractivity contribution is 5.72. The molecule has 0 aromatic carbocycles. The first-order chi connectivity index (χ1) is 16.2. The van der Waals surface area contributed by atoms with Gasteiger partial charge in [-0.25, -0.2) is 0 Å². The number of rotatable bonds is 5. The maximum atomic E-state index is 10.2. The summed E-state index contributed by atoms with van der Waals surface area (Å²) < 4.78 is 0. The Bertz CT molecular complexity index is 761. The van der Waals surface area contributed by atoms with Crippen molar-refractivity contribution in [3.63, 3.8) is 0 Å². The maximum Gasteiger partial charge on any atom is 0.308 e. The number of aliphatic hydroxyl groups is 1. The minimum absolute atomic E-state index is 0.0766. The molecule has 0 saturated heterocycles. The Hall–Kier alpha value is -0.830. The van der Waals surface area contributed by atoms with Crippen molar-refractivity contribution in [1.82, 2.24) is 0 Å². The van der Waals surface area contributed by atoms with E-state index in [9.17, 15) is 9.90 Å². The Labute approximate surface area is 216 Å². The lowest BCUT2D eigenvalue weighted by atomic mass is 9.47. The summed E-state index contributed by atoms with van der Waals surface area (Å²) >= 11 is 0. The van der Waals surface area contributed by atoms with E-state index in [-0.39, 0.29) is 6.10 Å². The van der Waals surface area contributed by atoms with Crippen LogP contribution in [0.1, 0.15) is 126 Å². The Kier molecular flexibility index (Phi) is 8.93. The molecule has 3 nitrogen and oxygen atoms in total. The number of hydrogen-bond donors (Lipinski definition) is 2. The molecule has 0 aromatic heterocycles. The summed E-state index contributed by atoms with van der Waals surface area (Å²) in [5.41, 5.74) is 2.02. The monoisotopic (exact) mass is 488 g/mol. The summed E-state index contributed by atoms with van der Waals surface area (Å²) in [6.45, 7) is 17.6. The standard InChI is InChI=1S/C27H46O.C5H10O2/c1-18(2)7-6-8-19(3)23-11-12-24-22-10-9-20-17-21(28)13-15-26(20,4)25(22)14-16-27(23,24)5;1-5(2,3)4(6)7/h9,18-19,21-25,28H,6-8,10-17H2,1-5H3;1-3H3,(H,6,7)/t19-,21+,22+,23-,24+,25+,26+,27-;/m1./s1. The van der Waals surface area contributed by atoms with Crippen molar-refractivity contribution in [2.24, 2.45) is 51.8 Å². The number of carbonyl (C=O) groups is 1. The van der Waals surface area contributed by atoms with E-state index in [1.807, 2.05) is 0 Å². The first-order valence-corrected chi connectivity index (χ1v) is 14.8. The average molecular weight is 489 g/mol. The van der Waals surface area contributed by atoms with E-state index in [0.717, 1.165) is 48.3 Å². The molecule has 4 aliphatic carbocycles. The van der Waals surface area contributed by atoms with Crippen molar-refractivity contribution in [3.05, 3.63) is 11.6 Å². The fourth-order valence-electron chi connectivity index (χ4n) is 8.67. The van der Waals surface area contributed by atoms with Gasteiger partial charge in [-0.05, 0) is 118 Å². The minimum Gasteiger partial charge on any atom is -0.481 e. The van der Waals surface area contributed by atoms with Gasteiger partial charge < -0.3 is 10.2 Å². The summed E-state index contributed by atoms with van der Waals surface area (Å²) in [5.74, 6) is 4.70. The number of carboxylic acids is 1. The van der Waals surface area contributed by atoms with Gasteiger partial charge in [-0.1, -0.05) is 65.5 Å². The van der Waals surface area contributed by atoms with E-state index in [1.165, 1.54) is 57.8 Å². The molecule has 0 amide bonds. The van der Waals surface area contributed by atoms with Crippen LogP contribution < -0.4 is 0 Å². The Morgan fingerprint density at radius 3 is 2.29 bits per heavy atom. The summed E-state index contributed by atoms with van der Waals surface area (Å²) in [6.07, 6.45) is 17.2. The molecule has 8 atom stereocenters. The van der Waals surface area contributed by atoms with Crippen molar-refractivity contribution >= 4 is 5.97 Å². The van der Waals surface area contributed by atoms with Crippen LogP contribution in [0.3, 0.4) is 0 Å². The van der Waals surface area contributed by atoms with Gasteiger partial charge >= 0.3 is 5.97 Å². The molecule has 3 saturated carbocycles. The molecule has 0 aromatic rings. The largest absolute Gasteiger partial charge is 0.481 e. The summed E-state index contributed by atoms with van der Waals surface area (Å²) in [5, 5.41) is 18.5. The topological polar surface area (TPSA) is 57.5 Å².